The summed E-state index contributed by atoms with van der Waals surface area (Å²) in [5.74, 6) is 0. The zero-order valence-corrected chi connectivity index (χ0v) is 11.1. The van der Waals surface area contributed by atoms with Crippen LogP contribution in [0.3, 0.4) is 0 Å². The lowest BCUT2D eigenvalue weighted by Crippen LogP contribution is -2.20. The molecule has 1 unspecified atom stereocenters. The summed E-state index contributed by atoms with van der Waals surface area (Å²) in [6.45, 7) is 3.24. The normalized spacial score (nSPS) is 20.6. The van der Waals surface area contributed by atoms with Crippen molar-refractivity contribution in [2.45, 2.75) is 63.9 Å². The van der Waals surface area contributed by atoms with Gasteiger partial charge in [0.1, 0.15) is 0 Å². The van der Waals surface area contributed by atoms with E-state index in [1.807, 2.05) is 0 Å². The van der Waals surface area contributed by atoms with Crippen molar-refractivity contribution in [1.82, 2.24) is 5.32 Å². The van der Waals surface area contributed by atoms with E-state index in [1.54, 1.807) is 0 Å². The second-order valence-electron chi connectivity index (χ2n) is 5.00. The summed E-state index contributed by atoms with van der Waals surface area (Å²) in [7, 11) is 0. The lowest BCUT2D eigenvalue weighted by atomic mass is 10.0. The summed E-state index contributed by atoms with van der Waals surface area (Å²) in [4.78, 5) is 0. The molecule has 0 amide bonds. The van der Waals surface area contributed by atoms with Gasteiger partial charge in [-0.3, -0.25) is 0 Å². The zero-order chi connectivity index (χ0) is 12.2. The van der Waals surface area contributed by atoms with Gasteiger partial charge in [0, 0.05) is 6.61 Å². The lowest BCUT2D eigenvalue weighted by molar-refractivity contribution is 0.00988. The van der Waals surface area contributed by atoms with Crippen LogP contribution in [0.4, 0.5) is 0 Å². The quantitative estimate of drug-likeness (QED) is 0.598. The molecule has 1 rings (SSSR count). The predicted octanol–water partition coefficient (Wildman–Crippen LogP) is 2.92. The monoisotopic (exact) mass is 242 g/mol. The highest BCUT2D eigenvalue weighted by Gasteiger charge is 2.12. The van der Waals surface area contributed by atoms with Crippen LogP contribution in [-0.4, -0.2) is 32.4 Å². The Hall–Kier alpha value is -0.120. The molecule has 1 saturated heterocycles. The first-order valence-electron chi connectivity index (χ1n) is 7.34. The van der Waals surface area contributed by atoms with Gasteiger partial charge in [0.15, 0.2) is 0 Å². The van der Waals surface area contributed by atoms with Crippen LogP contribution in [0.2, 0.25) is 0 Å². The van der Waals surface area contributed by atoms with E-state index in [0.29, 0.717) is 6.10 Å². The van der Waals surface area contributed by atoms with Crippen molar-refractivity contribution in [3.8, 4) is 0 Å². The van der Waals surface area contributed by atoms with E-state index >= 15 is 0 Å². The molecule has 0 aromatic rings. The van der Waals surface area contributed by atoms with Crippen molar-refractivity contribution in [3.05, 3.63) is 0 Å². The second kappa shape index (κ2) is 11.0. The first kappa shape index (κ1) is 14.9. The Kier molecular flexibility index (Phi) is 9.66. The van der Waals surface area contributed by atoms with Gasteiger partial charge in [0.25, 0.3) is 0 Å². The van der Waals surface area contributed by atoms with Crippen molar-refractivity contribution in [2.24, 2.45) is 0 Å². The summed E-state index contributed by atoms with van der Waals surface area (Å²) in [5, 5.41) is 13.7. The van der Waals surface area contributed by atoms with Gasteiger partial charge in [-0.05, 0) is 70.9 Å². The zero-order valence-electron chi connectivity index (χ0n) is 11.1. The molecule has 0 bridgehead atoms. The number of hydrogen-bond donors (Lipinski definition) is 1. The molecule has 0 aliphatic carbocycles. The van der Waals surface area contributed by atoms with Crippen LogP contribution in [0, 0.1) is 0 Å². The molecule has 0 saturated carbocycles. The van der Waals surface area contributed by atoms with E-state index in [-0.39, 0.29) is 6.61 Å². The lowest BCUT2D eigenvalue weighted by Gasteiger charge is -2.22. The molecule has 1 fully saturated rings. The molecule has 0 spiro atoms. The van der Waals surface area contributed by atoms with E-state index < -0.39 is 0 Å². The Balaban J connectivity index is 1.75. The third-order valence-corrected chi connectivity index (χ3v) is 3.40. The van der Waals surface area contributed by atoms with E-state index in [0.717, 1.165) is 39.0 Å². The molecule has 1 aliphatic rings. The second-order valence-corrected chi connectivity index (χ2v) is 5.00. The van der Waals surface area contributed by atoms with E-state index in [4.69, 9.17) is 4.74 Å². The highest BCUT2D eigenvalue weighted by Crippen LogP contribution is 2.17. The molecule has 101 valence electrons. The first-order valence-corrected chi connectivity index (χ1v) is 7.34. The fourth-order valence-electron chi connectivity index (χ4n) is 2.31. The van der Waals surface area contributed by atoms with Gasteiger partial charge < -0.3 is 10.1 Å². The molecule has 3 heteroatoms. The maximum absolute atomic E-state index is 10.2. The minimum Gasteiger partial charge on any atom is -0.378 e. The minimum absolute atomic E-state index is 0.0847. The molecular formula is C14H28NO2. The number of ether oxygens (including phenoxy) is 1. The summed E-state index contributed by atoms with van der Waals surface area (Å²) >= 11 is 0. The predicted molar refractivity (Wildman–Crippen MR) is 69.7 cm³/mol. The van der Waals surface area contributed by atoms with Gasteiger partial charge in [-0.25, -0.2) is 5.11 Å². The number of rotatable bonds is 10. The average Bonchev–Trinajstić information content (AvgIpc) is 2.38. The first-order chi connectivity index (χ1) is 8.43. The Morgan fingerprint density at radius 3 is 2.53 bits per heavy atom. The van der Waals surface area contributed by atoms with Crippen molar-refractivity contribution in [3.63, 3.8) is 0 Å². The van der Waals surface area contributed by atoms with E-state index in [9.17, 15) is 5.11 Å². The summed E-state index contributed by atoms with van der Waals surface area (Å²) in [6.07, 6.45) is 11.2. The maximum atomic E-state index is 10.2. The molecule has 0 aromatic carbocycles. The van der Waals surface area contributed by atoms with E-state index in [1.165, 1.54) is 38.5 Å². The highest BCUT2D eigenvalue weighted by atomic mass is 16.5. The van der Waals surface area contributed by atoms with Crippen LogP contribution >= 0.6 is 0 Å². The summed E-state index contributed by atoms with van der Waals surface area (Å²) in [5.41, 5.74) is 0. The molecule has 17 heavy (non-hydrogen) atoms. The fraction of sp³-hybridized carbons (Fsp3) is 1.00. The smallest absolute Gasteiger partial charge is 0.0822 e. The van der Waals surface area contributed by atoms with Gasteiger partial charge in [0.05, 0.1) is 12.7 Å². The molecule has 3 nitrogen and oxygen atoms in total. The average molecular weight is 242 g/mol. The van der Waals surface area contributed by atoms with Crippen molar-refractivity contribution in [1.29, 1.82) is 0 Å². The van der Waals surface area contributed by atoms with Crippen LogP contribution in [-0.2, 0) is 9.84 Å². The van der Waals surface area contributed by atoms with Crippen LogP contribution in [0.1, 0.15) is 57.8 Å². The van der Waals surface area contributed by atoms with Crippen molar-refractivity contribution >= 4 is 0 Å². The van der Waals surface area contributed by atoms with Crippen molar-refractivity contribution in [2.75, 3.05) is 26.3 Å². The largest absolute Gasteiger partial charge is 0.378 e. The Morgan fingerprint density at radius 2 is 1.82 bits per heavy atom. The highest BCUT2D eigenvalue weighted by molar-refractivity contribution is 4.63. The molecular weight excluding hydrogens is 214 g/mol. The molecule has 1 atom stereocenters. The van der Waals surface area contributed by atoms with Gasteiger partial charge >= 0.3 is 0 Å². The Labute approximate surface area is 106 Å². The van der Waals surface area contributed by atoms with Crippen LogP contribution in [0.15, 0.2) is 0 Å². The van der Waals surface area contributed by atoms with Gasteiger partial charge in [-0.2, -0.15) is 0 Å². The van der Waals surface area contributed by atoms with E-state index in [2.05, 4.69) is 5.32 Å². The van der Waals surface area contributed by atoms with Crippen LogP contribution in [0.25, 0.3) is 0 Å². The van der Waals surface area contributed by atoms with Gasteiger partial charge in [-0.15, -0.1) is 0 Å². The van der Waals surface area contributed by atoms with Crippen LogP contribution < -0.4 is 5.32 Å². The maximum Gasteiger partial charge on any atom is 0.0822 e. The molecule has 1 N–H and O–H groups in total. The Morgan fingerprint density at radius 1 is 1.00 bits per heavy atom. The molecule has 0 aromatic heterocycles. The third-order valence-electron chi connectivity index (χ3n) is 3.40. The topological polar surface area (TPSA) is 41.2 Å². The number of unbranched alkanes of at least 4 members (excludes halogenated alkanes) is 3. The van der Waals surface area contributed by atoms with Gasteiger partial charge in [-0.1, -0.05) is 0 Å². The Bertz CT molecular complexity index is 158. The summed E-state index contributed by atoms with van der Waals surface area (Å²) in [6, 6.07) is 0. The fourth-order valence-corrected chi connectivity index (χ4v) is 2.31. The minimum atomic E-state index is 0.0847. The molecule has 1 aliphatic heterocycles. The van der Waals surface area contributed by atoms with Gasteiger partial charge in [0.2, 0.25) is 0 Å². The standard InChI is InChI=1S/C14H28NO2/c16-12-6-1-4-10-15-11-5-2-8-14-9-3-7-13-17-14/h14-15H,1-13H2. The molecule has 1 radical (unpaired) electrons. The summed E-state index contributed by atoms with van der Waals surface area (Å²) < 4.78 is 5.70. The number of hydrogen-bond acceptors (Lipinski definition) is 2. The number of nitrogens with one attached hydrogen (secondary N) is 1. The van der Waals surface area contributed by atoms with Crippen molar-refractivity contribution < 1.29 is 9.84 Å². The SMILES string of the molecule is [O]CCCCCNCCCCC1CCCCO1. The molecule has 1 heterocycles. The van der Waals surface area contributed by atoms with Crippen LogP contribution in [0.5, 0.6) is 0 Å². The third kappa shape index (κ3) is 8.58.